The van der Waals surface area contributed by atoms with Crippen LogP contribution in [0.2, 0.25) is 0 Å². The molecule has 0 spiro atoms. The minimum absolute atomic E-state index is 0.108. The minimum Gasteiger partial charge on any atom is -0.508 e. The fourth-order valence-corrected chi connectivity index (χ4v) is 4.45. The number of benzene rings is 1. The van der Waals surface area contributed by atoms with Crippen LogP contribution in [-0.2, 0) is 16.6 Å². The van der Waals surface area contributed by atoms with Gasteiger partial charge in [0.2, 0.25) is 0 Å². The van der Waals surface area contributed by atoms with Crippen LogP contribution in [0, 0.1) is 5.92 Å². The van der Waals surface area contributed by atoms with Gasteiger partial charge in [-0.3, -0.25) is 4.90 Å². The number of likely N-dealkylation sites (tertiary alicyclic amines) is 1. The molecule has 1 aliphatic carbocycles. The quantitative estimate of drug-likeness (QED) is 0.929. The van der Waals surface area contributed by atoms with E-state index in [1.54, 1.807) is 7.11 Å². The van der Waals surface area contributed by atoms with E-state index in [2.05, 4.69) is 38.7 Å². The first-order valence-corrected chi connectivity index (χ1v) is 8.38. The highest BCUT2D eigenvalue weighted by Gasteiger charge is 2.49. The smallest absolute Gasteiger partial charge is 0.115 e. The second kappa shape index (κ2) is 5.24. The molecule has 0 aromatic heterocycles. The molecule has 1 aliphatic heterocycles. The zero-order valence-corrected chi connectivity index (χ0v) is 14.5. The van der Waals surface area contributed by atoms with Gasteiger partial charge in [-0.25, -0.2) is 0 Å². The van der Waals surface area contributed by atoms with Crippen molar-refractivity contribution in [2.24, 2.45) is 5.92 Å². The number of phenols is 1. The van der Waals surface area contributed by atoms with Gasteiger partial charge >= 0.3 is 0 Å². The monoisotopic (exact) mass is 303 g/mol. The summed E-state index contributed by atoms with van der Waals surface area (Å²) in [7, 11) is 1.80. The molecule has 2 aliphatic rings. The summed E-state index contributed by atoms with van der Waals surface area (Å²) in [5, 5.41) is 9.90. The Bertz CT molecular complexity index is 569. The summed E-state index contributed by atoms with van der Waals surface area (Å²) in [5.41, 5.74) is 2.83. The van der Waals surface area contributed by atoms with Gasteiger partial charge in [-0.1, -0.05) is 19.9 Å². The summed E-state index contributed by atoms with van der Waals surface area (Å²) in [5.74, 6) is 0.983. The van der Waals surface area contributed by atoms with E-state index in [-0.39, 0.29) is 11.0 Å². The van der Waals surface area contributed by atoms with Crippen LogP contribution in [0.4, 0.5) is 0 Å². The summed E-state index contributed by atoms with van der Waals surface area (Å²) in [6, 6.07) is 6.51. The van der Waals surface area contributed by atoms with Gasteiger partial charge in [0.15, 0.2) is 0 Å². The maximum atomic E-state index is 9.90. The first kappa shape index (κ1) is 15.8. The predicted octanol–water partition coefficient (Wildman–Crippen LogP) is 3.34. The molecular weight excluding hydrogens is 274 g/mol. The Morgan fingerprint density at radius 1 is 1.41 bits per heavy atom. The third-order valence-corrected chi connectivity index (χ3v) is 6.24. The molecule has 1 aromatic rings. The average molecular weight is 303 g/mol. The van der Waals surface area contributed by atoms with Crippen LogP contribution in [-0.4, -0.2) is 41.8 Å². The number of phenolic OH excluding ortho intramolecular Hbond substituents is 1. The van der Waals surface area contributed by atoms with Gasteiger partial charge in [0, 0.05) is 19.7 Å². The normalized spacial score (nSPS) is 31.9. The van der Waals surface area contributed by atoms with Crippen molar-refractivity contribution in [2.45, 2.75) is 57.6 Å². The fraction of sp³-hybridized carbons (Fsp3) is 0.684. The van der Waals surface area contributed by atoms with Crippen LogP contribution in [0.3, 0.4) is 0 Å². The van der Waals surface area contributed by atoms with Gasteiger partial charge in [-0.15, -0.1) is 0 Å². The molecule has 1 aromatic carbocycles. The molecule has 3 heteroatoms. The molecule has 0 saturated carbocycles. The van der Waals surface area contributed by atoms with E-state index in [1.807, 2.05) is 12.1 Å². The van der Waals surface area contributed by atoms with E-state index in [0.29, 0.717) is 17.7 Å². The molecule has 3 rings (SSSR count). The lowest BCUT2D eigenvalue weighted by Gasteiger charge is -2.55. The lowest BCUT2D eigenvalue weighted by atomic mass is 9.59. The highest BCUT2D eigenvalue weighted by Crippen LogP contribution is 2.49. The zero-order chi connectivity index (χ0) is 16.1. The molecule has 1 saturated heterocycles. The van der Waals surface area contributed by atoms with Crippen molar-refractivity contribution in [3.63, 3.8) is 0 Å². The minimum atomic E-state index is -0.108. The number of aromatic hydroxyl groups is 1. The van der Waals surface area contributed by atoms with Gasteiger partial charge in [-0.05, 0) is 67.8 Å². The van der Waals surface area contributed by atoms with Crippen molar-refractivity contribution >= 4 is 0 Å². The Morgan fingerprint density at radius 3 is 2.82 bits per heavy atom. The molecule has 3 atom stereocenters. The van der Waals surface area contributed by atoms with Crippen molar-refractivity contribution in [1.82, 2.24) is 4.90 Å². The molecule has 2 bridgehead atoms. The number of hydrogen-bond donors (Lipinski definition) is 1. The lowest BCUT2D eigenvalue weighted by Crippen LogP contribution is -2.60. The maximum Gasteiger partial charge on any atom is 0.115 e. The van der Waals surface area contributed by atoms with E-state index in [9.17, 15) is 5.11 Å². The topological polar surface area (TPSA) is 32.7 Å². The molecule has 122 valence electrons. The summed E-state index contributed by atoms with van der Waals surface area (Å²) >= 11 is 0. The Labute approximate surface area is 134 Å². The molecule has 22 heavy (non-hydrogen) atoms. The van der Waals surface area contributed by atoms with E-state index in [0.717, 1.165) is 25.9 Å². The SMILES string of the molecule is COC(C)(C)CN1CC[C@]2(C)c3cc(O)ccc3C[C@H]1C2C. The van der Waals surface area contributed by atoms with Crippen LogP contribution in [0.15, 0.2) is 18.2 Å². The number of fused-ring (bicyclic) bond motifs is 4. The van der Waals surface area contributed by atoms with Crippen molar-refractivity contribution in [1.29, 1.82) is 0 Å². The molecule has 1 fully saturated rings. The van der Waals surface area contributed by atoms with Gasteiger partial charge in [0.25, 0.3) is 0 Å². The molecule has 3 nitrogen and oxygen atoms in total. The summed E-state index contributed by atoms with van der Waals surface area (Å²) < 4.78 is 5.65. The maximum absolute atomic E-state index is 9.90. The van der Waals surface area contributed by atoms with Crippen LogP contribution >= 0.6 is 0 Å². The lowest BCUT2D eigenvalue weighted by molar-refractivity contribution is -0.0504. The molecule has 1 heterocycles. The van der Waals surface area contributed by atoms with Crippen molar-refractivity contribution < 1.29 is 9.84 Å². The Hall–Kier alpha value is -1.06. The second-order valence-electron chi connectivity index (χ2n) is 8.00. The Morgan fingerprint density at radius 2 is 2.14 bits per heavy atom. The van der Waals surface area contributed by atoms with E-state index in [4.69, 9.17) is 4.74 Å². The van der Waals surface area contributed by atoms with Crippen LogP contribution in [0.25, 0.3) is 0 Å². The summed E-state index contributed by atoms with van der Waals surface area (Å²) in [4.78, 5) is 2.62. The largest absolute Gasteiger partial charge is 0.508 e. The Kier molecular flexibility index (Phi) is 3.77. The van der Waals surface area contributed by atoms with Crippen molar-refractivity contribution in [3.8, 4) is 5.75 Å². The molecule has 1 unspecified atom stereocenters. The number of piperidine rings is 1. The first-order chi connectivity index (χ1) is 10.3. The average Bonchev–Trinajstić information content (AvgIpc) is 2.47. The number of rotatable bonds is 3. The zero-order valence-electron chi connectivity index (χ0n) is 14.5. The molecular formula is C19H29NO2. The van der Waals surface area contributed by atoms with Crippen LogP contribution in [0.1, 0.15) is 45.2 Å². The van der Waals surface area contributed by atoms with Crippen molar-refractivity contribution in [2.75, 3.05) is 20.2 Å². The van der Waals surface area contributed by atoms with Gasteiger partial charge in [-0.2, -0.15) is 0 Å². The van der Waals surface area contributed by atoms with E-state index in [1.165, 1.54) is 11.1 Å². The number of nitrogens with zero attached hydrogens (tertiary/aromatic N) is 1. The third-order valence-electron chi connectivity index (χ3n) is 6.24. The third kappa shape index (κ3) is 2.44. The number of hydrogen-bond acceptors (Lipinski definition) is 3. The van der Waals surface area contributed by atoms with Crippen molar-refractivity contribution in [3.05, 3.63) is 29.3 Å². The van der Waals surface area contributed by atoms with E-state index >= 15 is 0 Å². The van der Waals surface area contributed by atoms with Gasteiger partial charge in [0.1, 0.15) is 5.75 Å². The van der Waals surface area contributed by atoms with Crippen LogP contribution in [0.5, 0.6) is 5.75 Å². The van der Waals surface area contributed by atoms with Gasteiger partial charge in [0.05, 0.1) is 5.60 Å². The second-order valence-corrected chi connectivity index (χ2v) is 8.00. The van der Waals surface area contributed by atoms with Gasteiger partial charge < -0.3 is 9.84 Å². The summed E-state index contributed by atoms with van der Waals surface area (Å²) in [6.45, 7) is 11.2. The fourth-order valence-electron chi connectivity index (χ4n) is 4.45. The molecule has 1 N–H and O–H groups in total. The first-order valence-electron chi connectivity index (χ1n) is 8.38. The number of methoxy groups -OCH3 is 1. The molecule has 0 amide bonds. The van der Waals surface area contributed by atoms with Crippen LogP contribution < -0.4 is 0 Å². The number of ether oxygens (including phenoxy) is 1. The van der Waals surface area contributed by atoms with E-state index < -0.39 is 0 Å². The standard InChI is InChI=1S/C19H29NO2/c1-13-17-10-14-6-7-15(21)11-16(14)19(13,4)8-9-20(17)12-18(2,3)22-5/h6-7,11,13,17,21H,8-10,12H2,1-5H3/t13?,17-,19-/m0/s1. The summed E-state index contributed by atoms with van der Waals surface area (Å²) in [6.07, 6.45) is 2.22. The molecule has 0 radical (unpaired) electrons. The highest BCUT2D eigenvalue weighted by atomic mass is 16.5. The predicted molar refractivity (Wildman–Crippen MR) is 89.4 cm³/mol. The Balaban J connectivity index is 1.94. The highest BCUT2D eigenvalue weighted by molar-refractivity contribution is 5.44.